The van der Waals surface area contributed by atoms with Crippen molar-refractivity contribution in [3.05, 3.63) is 59.7 Å². The van der Waals surface area contributed by atoms with E-state index in [0.29, 0.717) is 0 Å². The molecule has 4 rings (SSSR count). The minimum Gasteiger partial charge on any atom is -0.336 e. The van der Waals surface area contributed by atoms with Crippen LogP contribution in [-0.4, -0.2) is 47.0 Å². The van der Waals surface area contributed by atoms with Crippen LogP contribution in [0, 0.1) is 0 Å². The van der Waals surface area contributed by atoms with Gasteiger partial charge in [0.25, 0.3) is 5.91 Å². The average Bonchev–Trinajstić information content (AvgIpc) is 3.10. The number of carbonyl (C=O) groups excluding carboxylic acids is 1. The van der Waals surface area contributed by atoms with E-state index in [4.69, 9.17) is 0 Å². The van der Waals surface area contributed by atoms with E-state index in [0.717, 1.165) is 53.7 Å². The fourth-order valence-electron chi connectivity index (χ4n) is 2.94. The number of aromatic nitrogens is 2. The summed E-state index contributed by atoms with van der Waals surface area (Å²) in [4.78, 5) is 22.3. The van der Waals surface area contributed by atoms with Gasteiger partial charge in [0.15, 0.2) is 5.16 Å². The first-order chi connectivity index (χ1) is 12.3. The summed E-state index contributed by atoms with van der Waals surface area (Å²) in [7, 11) is 0. The van der Waals surface area contributed by atoms with Crippen LogP contribution in [0.15, 0.2) is 53.7 Å². The summed E-state index contributed by atoms with van der Waals surface area (Å²) >= 11 is 1.67. The van der Waals surface area contributed by atoms with Crippen LogP contribution in [0.4, 0.5) is 0 Å². The van der Waals surface area contributed by atoms with Crippen LogP contribution in [0.3, 0.4) is 0 Å². The lowest BCUT2D eigenvalue weighted by Gasteiger charge is -2.27. The maximum absolute atomic E-state index is 12.5. The standard InChI is InChI=1S/C19H20N4OS/c24-18(23-11-9-20-10-12-23)15-7-5-14(6-8-15)13-25-19-21-16-3-1-2-4-17(16)22-19/h1-8,20H,9-13H2,(H,21,22). The number of fused-ring (bicyclic) bond motifs is 1. The van der Waals surface area contributed by atoms with Gasteiger partial charge in [-0.2, -0.15) is 0 Å². The van der Waals surface area contributed by atoms with Crippen molar-refractivity contribution in [1.29, 1.82) is 0 Å². The minimum absolute atomic E-state index is 0.123. The number of thioether (sulfide) groups is 1. The molecule has 1 aliphatic rings. The number of benzene rings is 2. The van der Waals surface area contributed by atoms with E-state index in [9.17, 15) is 4.79 Å². The van der Waals surface area contributed by atoms with Crippen LogP contribution < -0.4 is 5.32 Å². The highest BCUT2D eigenvalue weighted by molar-refractivity contribution is 7.98. The van der Waals surface area contributed by atoms with E-state index in [-0.39, 0.29) is 5.91 Å². The second-order valence-electron chi connectivity index (χ2n) is 6.09. The van der Waals surface area contributed by atoms with E-state index in [2.05, 4.69) is 15.3 Å². The molecule has 1 aromatic heterocycles. The Bertz CT molecular complexity index is 836. The van der Waals surface area contributed by atoms with Gasteiger partial charge in [0.05, 0.1) is 11.0 Å². The molecule has 2 N–H and O–H groups in total. The number of nitrogens with one attached hydrogen (secondary N) is 2. The third kappa shape index (κ3) is 3.70. The molecule has 0 spiro atoms. The Balaban J connectivity index is 1.39. The average molecular weight is 352 g/mol. The number of aromatic amines is 1. The zero-order valence-corrected chi connectivity index (χ0v) is 14.7. The van der Waals surface area contributed by atoms with Gasteiger partial charge in [-0.1, -0.05) is 36.0 Å². The number of nitrogens with zero attached hydrogens (tertiary/aromatic N) is 2. The molecule has 0 bridgehead atoms. The molecule has 2 aromatic carbocycles. The summed E-state index contributed by atoms with van der Waals surface area (Å²) in [6, 6.07) is 16.0. The number of amides is 1. The first-order valence-electron chi connectivity index (χ1n) is 8.46. The molecule has 128 valence electrons. The maximum atomic E-state index is 12.5. The van der Waals surface area contributed by atoms with Gasteiger partial charge in [0.2, 0.25) is 0 Å². The summed E-state index contributed by atoms with van der Waals surface area (Å²) in [5.41, 5.74) is 3.99. The predicted octanol–water partition coefficient (Wildman–Crippen LogP) is 2.90. The monoisotopic (exact) mass is 352 g/mol. The summed E-state index contributed by atoms with van der Waals surface area (Å²) in [5.74, 6) is 0.944. The molecule has 25 heavy (non-hydrogen) atoms. The first-order valence-corrected chi connectivity index (χ1v) is 9.45. The van der Waals surface area contributed by atoms with E-state index in [1.807, 2.05) is 53.4 Å². The lowest BCUT2D eigenvalue weighted by atomic mass is 10.1. The second kappa shape index (κ2) is 7.29. The number of carbonyl (C=O) groups is 1. The minimum atomic E-state index is 0.123. The van der Waals surface area contributed by atoms with Crippen molar-refractivity contribution < 1.29 is 4.79 Å². The maximum Gasteiger partial charge on any atom is 0.253 e. The van der Waals surface area contributed by atoms with Gasteiger partial charge < -0.3 is 15.2 Å². The fraction of sp³-hybridized carbons (Fsp3) is 0.263. The van der Waals surface area contributed by atoms with Crippen molar-refractivity contribution in [2.75, 3.05) is 26.2 Å². The number of hydrogen-bond donors (Lipinski definition) is 2. The number of para-hydroxylation sites is 2. The highest BCUT2D eigenvalue weighted by Gasteiger charge is 2.17. The fourth-order valence-corrected chi connectivity index (χ4v) is 3.78. The molecule has 2 heterocycles. The molecule has 0 atom stereocenters. The smallest absolute Gasteiger partial charge is 0.253 e. The third-order valence-electron chi connectivity index (χ3n) is 4.35. The quantitative estimate of drug-likeness (QED) is 0.709. The molecule has 3 aromatic rings. The lowest BCUT2D eigenvalue weighted by molar-refractivity contribution is 0.0736. The van der Waals surface area contributed by atoms with Gasteiger partial charge in [-0.15, -0.1) is 0 Å². The number of piperazine rings is 1. The molecule has 0 aliphatic carbocycles. The Labute approximate surface area is 150 Å². The highest BCUT2D eigenvalue weighted by atomic mass is 32.2. The normalized spacial score (nSPS) is 14.8. The molecule has 6 heteroatoms. The molecule has 0 unspecified atom stereocenters. The summed E-state index contributed by atoms with van der Waals surface area (Å²) < 4.78 is 0. The molecule has 5 nitrogen and oxygen atoms in total. The molecular weight excluding hydrogens is 332 g/mol. The van der Waals surface area contributed by atoms with Crippen molar-refractivity contribution in [2.24, 2.45) is 0 Å². The molecule has 1 aliphatic heterocycles. The largest absolute Gasteiger partial charge is 0.336 e. The first kappa shape index (κ1) is 16.2. The van der Waals surface area contributed by atoms with Crippen molar-refractivity contribution in [3.8, 4) is 0 Å². The molecule has 1 saturated heterocycles. The van der Waals surface area contributed by atoms with Crippen molar-refractivity contribution in [3.63, 3.8) is 0 Å². The van der Waals surface area contributed by atoms with Crippen molar-refractivity contribution >= 4 is 28.7 Å². The zero-order valence-electron chi connectivity index (χ0n) is 13.9. The van der Waals surface area contributed by atoms with E-state index < -0.39 is 0 Å². The van der Waals surface area contributed by atoms with Crippen LogP contribution in [0.1, 0.15) is 15.9 Å². The Morgan fingerprint density at radius 2 is 1.84 bits per heavy atom. The number of rotatable bonds is 4. The predicted molar refractivity (Wildman–Crippen MR) is 101 cm³/mol. The summed E-state index contributed by atoms with van der Waals surface area (Å²) in [5, 5.41) is 4.19. The van der Waals surface area contributed by atoms with Gasteiger partial charge in [-0.25, -0.2) is 4.98 Å². The Kier molecular flexibility index (Phi) is 4.72. The van der Waals surface area contributed by atoms with Crippen LogP contribution in [0.2, 0.25) is 0 Å². The van der Waals surface area contributed by atoms with Gasteiger partial charge >= 0.3 is 0 Å². The van der Waals surface area contributed by atoms with Gasteiger partial charge in [-0.05, 0) is 29.8 Å². The number of H-pyrrole nitrogens is 1. The zero-order chi connectivity index (χ0) is 17.1. The summed E-state index contributed by atoms with van der Waals surface area (Å²) in [6.45, 7) is 3.31. The molecule has 0 saturated carbocycles. The van der Waals surface area contributed by atoms with Gasteiger partial charge in [-0.3, -0.25) is 4.79 Å². The van der Waals surface area contributed by atoms with Crippen LogP contribution in [-0.2, 0) is 5.75 Å². The Hall–Kier alpha value is -2.31. The molecule has 1 amide bonds. The SMILES string of the molecule is O=C(c1ccc(CSc2nc3ccccc3[nH]2)cc1)N1CCNCC1. The van der Waals surface area contributed by atoms with Crippen molar-refractivity contribution in [1.82, 2.24) is 20.2 Å². The molecule has 1 fully saturated rings. The Morgan fingerprint density at radius 1 is 1.08 bits per heavy atom. The van der Waals surface area contributed by atoms with Crippen LogP contribution >= 0.6 is 11.8 Å². The van der Waals surface area contributed by atoms with Crippen LogP contribution in [0.25, 0.3) is 11.0 Å². The van der Waals surface area contributed by atoms with E-state index >= 15 is 0 Å². The lowest BCUT2D eigenvalue weighted by Crippen LogP contribution is -2.46. The van der Waals surface area contributed by atoms with Gasteiger partial charge in [0.1, 0.15) is 0 Å². The third-order valence-corrected chi connectivity index (χ3v) is 5.29. The Morgan fingerprint density at radius 3 is 2.60 bits per heavy atom. The highest BCUT2D eigenvalue weighted by Crippen LogP contribution is 2.23. The van der Waals surface area contributed by atoms with Crippen LogP contribution in [0.5, 0.6) is 0 Å². The van der Waals surface area contributed by atoms with Gasteiger partial charge in [0, 0.05) is 37.5 Å². The number of hydrogen-bond acceptors (Lipinski definition) is 4. The van der Waals surface area contributed by atoms with Crippen molar-refractivity contribution in [2.45, 2.75) is 10.9 Å². The molecular formula is C19H20N4OS. The van der Waals surface area contributed by atoms with E-state index in [1.165, 1.54) is 5.56 Å². The van der Waals surface area contributed by atoms with E-state index in [1.54, 1.807) is 11.8 Å². The summed E-state index contributed by atoms with van der Waals surface area (Å²) in [6.07, 6.45) is 0. The topological polar surface area (TPSA) is 61.0 Å². The molecule has 0 radical (unpaired) electrons. The number of imidazole rings is 1. The second-order valence-corrected chi connectivity index (χ2v) is 7.05.